The number of aliphatic hydroxyl groups is 2. The number of aromatic hydroxyl groups is 1. The fraction of sp³-hybridized carbons (Fsp3) is 0.433. The number of benzene rings is 2. The van der Waals surface area contributed by atoms with E-state index in [4.69, 9.17) is 9.47 Å². The summed E-state index contributed by atoms with van der Waals surface area (Å²) < 4.78 is 12.0. The van der Waals surface area contributed by atoms with Gasteiger partial charge in [0, 0.05) is 18.0 Å². The standard InChI is InChI=1S/C30H32N2O9/c1-32-13-5-11-29-23-17-8-9-19(33)25(23)41-26(29)20(10-12-30(29,39)21(32)14-17)40-22(34)15-18(28(37)38)31-27(36)24(35)16-6-3-2-4-7-16/h2-4,6-10,18,21,24,26,33,35,39H,5,11-15H2,1H3,(H,31,36)(H,37,38)/t18-,21+,24-,26-,29-,30+/m0/s1. The van der Waals surface area contributed by atoms with Crippen LogP contribution in [-0.2, 0) is 31.0 Å². The van der Waals surface area contributed by atoms with Crippen LogP contribution in [0, 0.1) is 0 Å². The van der Waals surface area contributed by atoms with Gasteiger partial charge in [-0.3, -0.25) is 9.59 Å². The topological polar surface area (TPSA) is 166 Å². The summed E-state index contributed by atoms with van der Waals surface area (Å²) in [6, 6.07) is 9.54. The molecule has 41 heavy (non-hydrogen) atoms. The summed E-state index contributed by atoms with van der Waals surface area (Å²) in [7, 11) is 1.98. The number of aliphatic hydroxyl groups excluding tert-OH is 1. The van der Waals surface area contributed by atoms with Gasteiger partial charge in [-0.1, -0.05) is 36.4 Å². The number of aliphatic carboxylic acids is 1. The number of phenolic OH excluding ortho intramolecular Hbond substituents is 1. The normalized spacial score (nSPS) is 29.2. The number of esters is 1. The Morgan fingerprint density at radius 1 is 1.20 bits per heavy atom. The fourth-order valence-electron chi connectivity index (χ4n) is 7.27. The molecule has 2 aliphatic carbocycles. The molecule has 2 aromatic carbocycles. The molecule has 11 heteroatoms. The number of phenols is 1. The van der Waals surface area contributed by atoms with Crippen LogP contribution < -0.4 is 10.1 Å². The first-order valence-corrected chi connectivity index (χ1v) is 13.7. The van der Waals surface area contributed by atoms with Gasteiger partial charge in [0.2, 0.25) is 0 Å². The van der Waals surface area contributed by atoms with E-state index in [0.717, 1.165) is 24.1 Å². The number of nitrogens with one attached hydrogen (secondary N) is 1. The largest absolute Gasteiger partial charge is 0.504 e. The lowest BCUT2D eigenvalue weighted by Gasteiger charge is -2.56. The summed E-state index contributed by atoms with van der Waals surface area (Å²) in [5.74, 6) is -3.04. The van der Waals surface area contributed by atoms with Crippen LogP contribution in [0.4, 0.5) is 0 Å². The summed E-state index contributed by atoms with van der Waals surface area (Å²) in [4.78, 5) is 39.7. The summed E-state index contributed by atoms with van der Waals surface area (Å²) in [6.45, 7) is 0.751. The zero-order valence-corrected chi connectivity index (χ0v) is 22.4. The van der Waals surface area contributed by atoms with Crippen LogP contribution in [0.1, 0.15) is 48.5 Å². The van der Waals surface area contributed by atoms with E-state index in [0.29, 0.717) is 12.8 Å². The molecule has 216 valence electrons. The molecule has 0 radical (unpaired) electrons. The van der Waals surface area contributed by atoms with Crippen LogP contribution in [0.5, 0.6) is 11.5 Å². The molecule has 5 N–H and O–H groups in total. The number of likely N-dealkylation sites (N-methyl/N-ethyl adjacent to an activating group) is 1. The van der Waals surface area contributed by atoms with Gasteiger partial charge in [0.05, 0.1) is 17.4 Å². The van der Waals surface area contributed by atoms with Crippen LogP contribution in [0.15, 0.2) is 54.3 Å². The van der Waals surface area contributed by atoms with E-state index in [2.05, 4.69) is 10.2 Å². The number of rotatable bonds is 7. The Hall–Kier alpha value is -3.93. The number of likely N-dealkylation sites (tertiary alicyclic amines) is 1. The molecule has 2 aromatic rings. The molecule has 6 atom stereocenters. The van der Waals surface area contributed by atoms with Crippen molar-refractivity contribution in [3.63, 3.8) is 0 Å². The van der Waals surface area contributed by atoms with Crippen LogP contribution in [0.2, 0.25) is 0 Å². The molecule has 1 spiro atoms. The highest BCUT2D eigenvalue weighted by Gasteiger charge is 2.71. The lowest BCUT2D eigenvalue weighted by molar-refractivity contribution is -0.154. The van der Waals surface area contributed by atoms with Gasteiger partial charge in [0.15, 0.2) is 23.7 Å². The number of ether oxygens (including phenoxy) is 2. The Morgan fingerprint density at radius 2 is 1.95 bits per heavy atom. The number of carboxylic acids is 1. The number of nitrogens with zero attached hydrogens (tertiary/aromatic N) is 1. The quantitative estimate of drug-likeness (QED) is 0.310. The minimum atomic E-state index is -1.66. The Kier molecular flexibility index (Phi) is 6.55. The maximum atomic E-state index is 13.1. The minimum absolute atomic E-state index is 0.0674. The predicted octanol–water partition coefficient (Wildman–Crippen LogP) is 1.30. The van der Waals surface area contributed by atoms with E-state index < -0.39 is 53.5 Å². The highest BCUT2D eigenvalue weighted by Crippen LogP contribution is 2.64. The molecule has 0 unspecified atom stereocenters. The molecule has 1 amide bonds. The van der Waals surface area contributed by atoms with Gasteiger partial charge in [-0.15, -0.1) is 0 Å². The SMILES string of the molecule is CN1CCC[C@]23c4c5ccc(O)c4O[C@H]2C(OC(=O)C[C@H](NC(=O)[C@@H](O)c2ccccc2)C(=O)O)=CC[C@@]3(O)[C@H]1C5. The fourth-order valence-corrected chi connectivity index (χ4v) is 7.27. The first-order valence-electron chi connectivity index (χ1n) is 13.7. The third kappa shape index (κ3) is 4.10. The van der Waals surface area contributed by atoms with Gasteiger partial charge >= 0.3 is 11.9 Å². The molecular formula is C30H32N2O9. The second-order valence-electron chi connectivity index (χ2n) is 11.3. The van der Waals surface area contributed by atoms with E-state index in [1.54, 1.807) is 30.3 Å². The molecule has 11 nitrogen and oxygen atoms in total. The molecule has 0 aromatic heterocycles. The van der Waals surface area contributed by atoms with Crippen molar-refractivity contribution in [3.05, 3.63) is 71.0 Å². The molecule has 4 aliphatic rings. The van der Waals surface area contributed by atoms with Gasteiger partial charge in [-0.25, -0.2) is 4.79 Å². The summed E-state index contributed by atoms with van der Waals surface area (Å²) >= 11 is 0. The van der Waals surface area contributed by atoms with Crippen molar-refractivity contribution in [3.8, 4) is 11.5 Å². The molecule has 2 heterocycles. The number of carboxylic acid groups (broad SMARTS) is 1. The van der Waals surface area contributed by atoms with Crippen molar-refractivity contribution in [2.24, 2.45) is 0 Å². The zero-order chi connectivity index (χ0) is 29.1. The van der Waals surface area contributed by atoms with E-state index in [-0.39, 0.29) is 35.3 Å². The minimum Gasteiger partial charge on any atom is -0.504 e. The second kappa shape index (κ2) is 9.86. The second-order valence-corrected chi connectivity index (χ2v) is 11.3. The van der Waals surface area contributed by atoms with E-state index >= 15 is 0 Å². The number of hydrogen-bond acceptors (Lipinski definition) is 9. The van der Waals surface area contributed by atoms with Crippen LogP contribution in [-0.4, -0.2) is 80.6 Å². The molecule has 2 bridgehead atoms. The molecular weight excluding hydrogens is 532 g/mol. The number of carbonyl (C=O) groups excluding carboxylic acids is 2. The number of hydrogen-bond donors (Lipinski definition) is 5. The highest BCUT2D eigenvalue weighted by atomic mass is 16.6. The summed E-state index contributed by atoms with van der Waals surface area (Å²) in [6.07, 6.45) is 0.367. The molecule has 1 fully saturated rings. The molecule has 1 saturated heterocycles. The Bertz CT molecular complexity index is 1440. The zero-order valence-electron chi connectivity index (χ0n) is 22.4. The lowest BCUT2D eigenvalue weighted by atomic mass is 9.52. The number of carbonyl (C=O) groups is 3. The smallest absolute Gasteiger partial charge is 0.326 e. The maximum Gasteiger partial charge on any atom is 0.326 e. The monoisotopic (exact) mass is 564 g/mol. The average Bonchev–Trinajstić information content (AvgIpc) is 3.29. The van der Waals surface area contributed by atoms with E-state index in [9.17, 15) is 34.8 Å². The van der Waals surface area contributed by atoms with Crippen LogP contribution >= 0.6 is 0 Å². The average molecular weight is 565 g/mol. The summed E-state index contributed by atoms with van der Waals surface area (Å²) in [5, 5.41) is 45.3. The van der Waals surface area contributed by atoms with Crippen molar-refractivity contribution in [2.45, 2.75) is 67.4 Å². The Balaban J connectivity index is 1.25. The van der Waals surface area contributed by atoms with E-state index in [1.165, 1.54) is 12.1 Å². The highest BCUT2D eigenvalue weighted by molar-refractivity contribution is 5.89. The summed E-state index contributed by atoms with van der Waals surface area (Å²) in [5.41, 5.74) is -0.257. The van der Waals surface area contributed by atoms with Crippen molar-refractivity contribution < 1.29 is 44.3 Å². The third-order valence-electron chi connectivity index (χ3n) is 9.16. The molecule has 2 aliphatic heterocycles. The molecule has 6 rings (SSSR count). The lowest BCUT2D eigenvalue weighted by Crippen LogP contribution is -2.69. The van der Waals surface area contributed by atoms with Crippen molar-refractivity contribution in [1.82, 2.24) is 10.2 Å². The van der Waals surface area contributed by atoms with Gasteiger partial charge in [0.1, 0.15) is 11.8 Å². The third-order valence-corrected chi connectivity index (χ3v) is 9.16. The van der Waals surface area contributed by atoms with Gasteiger partial charge in [-0.05, 0) is 56.1 Å². The van der Waals surface area contributed by atoms with Gasteiger partial charge in [-0.2, -0.15) is 0 Å². The van der Waals surface area contributed by atoms with Crippen molar-refractivity contribution >= 4 is 17.8 Å². The Labute approximate surface area is 236 Å². The first kappa shape index (κ1) is 27.3. The van der Waals surface area contributed by atoms with Gasteiger partial charge < -0.3 is 40.1 Å². The molecule has 0 saturated carbocycles. The first-order chi connectivity index (χ1) is 19.6. The van der Waals surface area contributed by atoms with Crippen molar-refractivity contribution in [2.75, 3.05) is 13.6 Å². The van der Waals surface area contributed by atoms with E-state index in [1.807, 2.05) is 13.1 Å². The number of amides is 1. The van der Waals surface area contributed by atoms with Crippen LogP contribution in [0.25, 0.3) is 0 Å². The predicted molar refractivity (Wildman–Crippen MR) is 143 cm³/mol. The maximum absolute atomic E-state index is 13.1. The van der Waals surface area contributed by atoms with Crippen molar-refractivity contribution in [1.29, 1.82) is 0 Å². The van der Waals surface area contributed by atoms with Crippen LogP contribution in [0.3, 0.4) is 0 Å². The Morgan fingerprint density at radius 3 is 2.68 bits per heavy atom. The van der Waals surface area contributed by atoms with Gasteiger partial charge in [0.25, 0.3) is 5.91 Å².